The minimum atomic E-state index is 0. The summed E-state index contributed by atoms with van der Waals surface area (Å²) in [5.41, 5.74) is 0. The molecule has 0 radical (unpaired) electrons. The Bertz CT molecular complexity index is 74.0. The van der Waals surface area contributed by atoms with Crippen molar-refractivity contribution in [3.63, 3.8) is 0 Å². The molecule has 0 N–H and O–H groups in total. The Balaban J connectivity index is 0. The van der Waals surface area contributed by atoms with E-state index in [1.165, 1.54) is 32.1 Å². The van der Waals surface area contributed by atoms with Gasteiger partial charge in [-0.05, 0) is 6.42 Å². The van der Waals surface area contributed by atoms with Crippen molar-refractivity contribution in [1.82, 2.24) is 0 Å². The average Bonchev–Trinajstić information content (AvgIpc) is 1.97. The summed E-state index contributed by atoms with van der Waals surface area (Å²) in [5, 5.41) is 0. The third-order valence-corrected chi connectivity index (χ3v) is 1.68. The first-order valence-corrected chi connectivity index (χ1v) is 4.35. The molecule has 0 aliphatic rings. The van der Waals surface area contributed by atoms with Crippen molar-refractivity contribution in [1.29, 1.82) is 0 Å². The Morgan fingerprint density at radius 1 is 1.00 bits per heavy atom. The summed E-state index contributed by atoms with van der Waals surface area (Å²) in [6, 6.07) is 0. The van der Waals surface area contributed by atoms with Gasteiger partial charge in [0.25, 0.3) is 0 Å². The van der Waals surface area contributed by atoms with Crippen LogP contribution in [0.2, 0.25) is 0 Å². The van der Waals surface area contributed by atoms with Crippen LogP contribution in [-0.2, 0) is 22.2 Å². The predicted octanol–water partition coefficient (Wildman–Crippen LogP) is 2.93. The molecule has 0 fully saturated rings. The number of hydrogen-bond donors (Lipinski definition) is 0. The van der Waals surface area contributed by atoms with Gasteiger partial charge in [0, 0.05) is 23.8 Å². The molecule has 0 aromatic heterocycles. The monoisotopic (exact) mass is 194 g/mol. The summed E-state index contributed by atoms with van der Waals surface area (Å²) in [6.07, 6.45) is 9.39. The maximum absolute atomic E-state index is 9.89. The smallest absolute Gasteiger partial charge is 0.119 e. The molecule has 0 saturated carbocycles. The van der Waals surface area contributed by atoms with Crippen LogP contribution in [0, 0.1) is 0 Å². The molecule has 0 aromatic rings. The molecule has 66 valence electrons. The van der Waals surface area contributed by atoms with E-state index in [4.69, 9.17) is 0 Å². The van der Waals surface area contributed by atoms with Gasteiger partial charge in [-0.1, -0.05) is 39.0 Å². The van der Waals surface area contributed by atoms with Crippen LogP contribution in [-0.4, -0.2) is 6.29 Å². The maximum atomic E-state index is 9.89. The van der Waals surface area contributed by atoms with E-state index in [2.05, 4.69) is 6.92 Å². The van der Waals surface area contributed by atoms with E-state index in [1.54, 1.807) is 0 Å². The van der Waals surface area contributed by atoms with Crippen molar-refractivity contribution in [2.24, 2.45) is 0 Å². The van der Waals surface area contributed by atoms with E-state index in [1.807, 2.05) is 0 Å². The fourth-order valence-corrected chi connectivity index (χ4v) is 1.01. The molecular formula is C9H18CrO. The summed E-state index contributed by atoms with van der Waals surface area (Å²) in [6.45, 7) is 2.21. The molecule has 0 amide bonds. The van der Waals surface area contributed by atoms with Gasteiger partial charge in [0.05, 0.1) is 0 Å². The molecule has 0 bridgehead atoms. The maximum Gasteiger partial charge on any atom is 0.119 e. The summed E-state index contributed by atoms with van der Waals surface area (Å²) in [7, 11) is 0. The van der Waals surface area contributed by atoms with Crippen molar-refractivity contribution in [3.05, 3.63) is 0 Å². The number of unbranched alkanes of at least 4 members (excludes halogenated alkanes) is 6. The van der Waals surface area contributed by atoms with Gasteiger partial charge in [0.15, 0.2) is 0 Å². The van der Waals surface area contributed by atoms with Crippen molar-refractivity contribution in [2.45, 2.75) is 51.9 Å². The number of rotatable bonds is 7. The van der Waals surface area contributed by atoms with Crippen LogP contribution < -0.4 is 0 Å². The van der Waals surface area contributed by atoms with Crippen LogP contribution in [0.5, 0.6) is 0 Å². The van der Waals surface area contributed by atoms with E-state index >= 15 is 0 Å². The molecule has 0 atom stereocenters. The molecule has 0 unspecified atom stereocenters. The zero-order valence-electron chi connectivity index (χ0n) is 7.34. The zero-order valence-corrected chi connectivity index (χ0v) is 8.62. The average molecular weight is 194 g/mol. The van der Waals surface area contributed by atoms with Crippen molar-refractivity contribution < 1.29 is 22.2 Å². The van der Waals surface area contributed by atoms with Crippen LogP contribution in [0.15, 0.2) is 0 Å². The first-order valence-electron chi connectivity index (χ1n) is 4.35. The third kappa shape index (κ3) is 13.2. The van der Waals surface area contributed by atoms with E-state index in [9.17, 15) is 4.79 Å². The Kier molecular flexibility index (Phi) is 16.1. The fraction of sp³-hybridized carbons (Fsp3) is 0.889. The molecule has 0 aliphatic carbocycles. The van der Waals surface area contributed by atoms with Crippen molar-refractivity contribution in [2.75, 3.05) is 0 Å². The summed E-state index contributed by atoms with van der Waals surface area (Å²) < 4.78 is 0. The van der Waals surface area contributed by atoms with Crippen molar-refractivity contribution in [3.8, 4) is 0 Å². The van der Waals surface area contributed by atoms with Crippen LogP contribution in [0.1, 0.15) is 51.9 Å². The second-order valence-corrected chi connectivity index (χ2v) is 2.72. The Morgan fingerprint density at radius 3 is 2.09 bits per heavy atom. The molecule has 0 saturated heterocycles. The van der Waals surface area contributed by atoms with Crippen molar-refractivity contribution >= 4 is 6.29 Å². The number of carbonyl (C=O) groups excluding carboxylic acids is 1. The normalized spacial score (nSPS) is 8.82. The molecule has 0 heterocycles. The van der Waals surface area contributed by atoms with Gasteiger partial charge < -0.3 is 4.79 Å². The van der Waals surface area contributed by atoms with Gasteiger partial charge in [-0.2, -0.15) is 0 Å². The van der Waals surface area contributed by atoms with Crippen LogP contribution in [0.4, 0.5) is 0 Å². The number of hydrogen-bond acceptors (Lipinski definition) is 1. The first kappa shape index (κ1) is 13.8. The van der Waals surface area contributed by atoms with Crippen LogP contribution in [0.25, 0.3) is 0 Å². The van der Waals surface area contributed by atoms with Gasteiger partial charge >= 0.3 is 0 Å². The van der Waals surface area contributed by atoms with Crippen LogP contribution >= 0.6 is 0 Å². The Labute approximate surface area is 80.7 Å². The van der Waals surface area contributed by atoms with Gasteiger partial charge in [-0.25, -0.2) is 0 Å². The summed E-state index contributed by atoms with van der Waals surface area (Å²) in [5.74, 6) is 0. The SMILES string of the molecule is CCCCCCCCC=O.[Cr]. The molecule has 0 aliphatic heterocycles. The molecule has 11 heavy (non-hydrogen) atoms. The predicted molar refractivity (Wildman–Crippen MR) is 44.1 cm³/mol. The topological polar surface area (TPSA) is 17.1 Å². The zero-order chi connectivity index (χ0) is 7.66. The number of carbonyl (C=O) groups is 1. The first-order chi connectivity index (χ1) is 4.91. The van der Waals surface area contributed by atoms with Gasteiger partial charge in [-0.3, -0.25) is 0 Å². The number of aldehydes is 1. The van der Waals surface area contributed by atoms with Gasteiger partial charge in [0.2, 0.25) is 0 Å². The minimum Gasteiger partial charge on any atom is -0.303 e. The molecule has 0 aromatic carbocycles. The van der Waals surface area contributed by atoms with Gasteiger partial charge in [0.1, 0.15) is 6.29 Å². The molecule has 0 rings (SSSR count). The second kappa shape index (κ2) is 12.8. The van der Waals surface area contributed by atoms with Gasteiger partial charge in [-0.15, -0.1) is 0 Å². The molecular weight excluding hydrogens is 176 g/mol. The molecule has 2 heteroatoms. The van der Waals surface area contributed by atoms with E-state index in [0.29, 0.717) is 0 Å². The molecule has 0 spiro atoms. The fourth-order valence-electron chi connectivity index (χ4n) is 1.01. The largest absolute Gasteiger partial charge is 0.303 e. The standard InChI is InChI=1S/C9H18O.Cr/c1-2-3-4-5-6-7-8-9-10;/h9H,2-8H2,1H3;. The quantitative estimate of drug-likeness (QED) is 0.450. The van der Waals surface area contributed by atoms with E-state index < -0.39 is 0 Å². The Hall–Kier alpha value is 0.202. The van der Waals surface area contributed by atoms with E-state index in [-0.39, 0.29) is 17.4 Å². The summed E-state index contributed by atoms with van der Waals surface area (Å²) in [4.78, 5) is 9.89. The van der Waals surface area contributed by atoms with E-state index in [0.717, 1.165) is 19.1 Å². The molecule has 1 nitrogen and oxygen atoms in total. The third-order valence-electron chi connectivity index (χ3n) is 1.68. The van der Waals surface area contributed by atoms with Crippen LogP contribution in [0.3, 0.4) is 0 Å². The summed E-state index contributed by atoms with van der Waals surface area (Å²) >= 11 is 0. The minimum absolute atomic E-state index is 0. The Morgan fingerprint density at radius 2 is 1.55 bits per heavy atom. The second-order valence-electron chi connectivity index (χ2n) is 2.72.